The summed E-state index contributed by atoms with van der Waals surface area (Å²) in [7, 11) is -2.05. The number of likely N-dealkylation sites (N-methyl/N-ethyl adjacent to an activating group) is 1. The molecule has 1 aromatic carbocycles. The first kappa shape index (κ1) is 19.9. The van der Waals surface area contributed by atoms with Crippen molar-refractivity contribution in [2.45, 2.75) is 65.8 Å². The zero-order valence-corrected chi connectivity index (χ0v) is 17.1. The van der Waals surface area contributed by atoms with Crippen LogP contribution in [0.3, 0.4) is 0 Å². The number of carbonyl (C=O) groups excluding carboxylic acids is 1. The van der Waals surface area contributed by atoms with Gasteiger partial charge in [-0.05, 0) is 44.5 Å². The quantitative estimate of drug-likeness (QED) is 0.690. The number of carbonyl (C=O) groups is 1. The molecule has 0 aliphatic carbocycles. The molecular formula is C19H33NO2Si. The molecule has 3 nitrogen and oxygen atoms in total. The molecule has 4 heteroatoms. The Bertz CT molecular complexity index is 513. The van der Waals surface area contributed by atoms with Gasteiger partial charge in [-0.3, -0.25) is 4.79 Å². The Balaban J connectivity index is 3.21. The van der Waals surface area contributed by atoms with Crippen LogP contribution in [0.4, 0.5) is 0 Å². The second-order valence-electron chi connectivity index (χ2n) is 7.68. The van der Waals surface area contributed by atoms with Crippen LogP contribution in [0.15, 0.2) is 24.3 Å². The fourth-order valence-corrected chi connectivity index (χ4v) is 3.35. The van der Waals surface area contributed by atoms with Crippen LogP contribution in [0, 0.1) is 6.92 Å². The Kier molecular flexibility index (Phi) is 6.60. The highest BCUT2D eigenvalue weighted by atomic mass is 28.4. The van der Waals surface area contributed by atoms with E-state index in [1.807, 2.05) is 43.0 Å². The van der Waals surface area contributed by atoms with E-state index in [-0.39, 0.29) is 10.9 Å². The van der Waals surface area contributed by atoms with Gasteiger partial charge in [-0.25, -0.2) is 0 Å². The van der Waals surface area contributed by atoms with Crippen LogP contribution in [0.5, 0.6) is 0 Å². The van der Waals surface area contributed by atoms with Crippen LogP contribution in [-0.2, 0) is 9.22 Å². The van der Waals surface area contributed by atoms with Crippen molar-refractivity contribution in [2.24, 2.45) is 0 Å². The van der Waals surface area contributed by atoms with Gasteiger partial charge in [-0.2, -0.15) is 0 Å². The smallest absolute Gasteiger partial charge is 0.255 e. The lowest BCUT2D eigenvalue weighted by Gasteiger charge is -2.40. The van der Waals surface area contributed by atoms with Crippen molar-refractivity contribution >= 4 is 14.2 Å². The third-order valence-corrected chi connectivity index (χ3v) is 9.34. The van der Waals surface area contributed by atoms with Gasteiger partial charge in [0, 0.05) is 13.1 Å². The molecule has 0 aromatic heterocycles. The summed E-state index contributed by atoms with van der Waals surface area (Å²) < 4.78 is 6.52. The molecule has 0 aliphatic rings. The van der Waals surface area contributed by atoms with Gasteiger partial charge in [0.15, 0.2) is 14.4 Å². The Labute approximate surface area is 143 Å². The van der Waals surface area contributed by atoms with E-state index in [1.54, 1.807) is 0 Å². The summed E-state index contributed by atoms with van der Waals surface area (Å²) in [4.78, 5) is 14.9. The van der Waals surface area contributed by atoms with E-state index < -0.39 is 14.4 Å². The maximum atomic E-state index is 13.0. The van der Waals surface area contributed by atoms with E-state index in [1.165, 1.54) is 5.56 Å². The maximum Gasteiger partial charge on any atom is 0.255 e. The van der Waals surface area contributed by atoms with E-state index in [0.717, 1.165) is 5.56 Å². The summed E-state index contributed by atoms with van der Waals surface area (Å²) >= 11 is 0. The summed E-state index contributed by atoms with van der Waals surface area (Å²) in [5, 5.41) is 0.0689. The molecule has 0 heterocycles. The van der Waals surface area contributed by atoms with Gasteiger partial charge in [-0.15, -0.1) is 0 Å². The van der Waals surface area contributed by atoms with Gasteiger partial charge < -0.3 is 9.33 Å². The largest absolute Gasteiger partial charge is 0.402 e. The lowest BCUT2D eigenvalue weighted by atomic mass is 10.1. The highest BCUT2D eigenvalue weighted by molar-refractivity contribution is 6.74. The molecule has 1 atom stereocenters. The fraction of sp³-hybridized carbons (Fsp3) is 0.632. The van der Waals surface area contributed by atoms with Crippen LogP contribution in [0.1, 0.15) is 51.8 Å². The van der Waals surface area contributed by atoms with Crippen molar-refractivity contribution in [3.63, 3.8) is 0 Å². The number of hydrogen-bond acceptors (Lipinski definition) is 2. The molecule has 23 heavy (non-hydrogen) atoms. The number of benzene rings is 1. The lowest BCUT2D eigenvalue weighted by molar-refractivity contribution is -0.139. The average molecular weight is 336 g/mol. The van der Waals surface area contributed by atoms with Gasteiger partial charge in [0.1, 0.15) is 0 Å². The van der Waals surface area contributed by atoms with Crippen LogP contribution in [0.2, 0.25) is 18.1 Å². The van der Waals surface area contributed by atoms with E-state index in [0.29, 0.717) is 13.1 Å². The summed E-state index contributed by atoms with van der Waals surface area (Å²) in [6.45, 7) is 18.5. The molecule has 0 spiro atoms. The summed E-state index contributed by atoms with van der Waals surface area (Å²) in [6, 6.07) is 8.14. The molecule has 0 saturated heterocycles. The Morgan fingerprint density at radius 3 is 2.00 bits per heavy atom. The third-order valence-electron chi connectivity index (χ3n) is 4.90. The maximum absolute atomic E-state index is 13.0. The molecule has 1 unspecified atom stereocenters. The Hall–Kier alpha value is -1.13. The second-order valence-corrected chi connectivity index (χ2v) is 12.4. The van der Waals surface area contributed by atoms with Gasteiger partial charge in [0.2, 0.25) is 0 Å². The monoisotopic (exact) mass is 335 g/mol. The highest BCUT2D eigenvalue weighted by Gasteiger charge is 2.41. The van der Waals surface area contributed by atoms with Gasteiger partial charge in [-0.1, -0.05) is 50.6 Å². The fourth-order valence-electron chi connectivity index (χ4n) is 2.17. The number of aryl methyl sites for hydroxylation is 1. The molecule has 0 radical (unpaired) electrons. The number of hydrogen-bond donors (Lipinski definition) is 0. The van der Waals surface area contributed by atoms with E-state index in [2.05, 4.69) is 40.8 Å². The number of rotatable bonds is 6. The first-order chi connectivity index (χ1) is 10.5. The number of nitrogens with zero attached hydrogens (tertiary/aromatic N) is 1. The van der Waals surface area contributed by atoms with E-state index in [4.69, 9.17) is 4.43 Å². The Morgan fingerprint density at radius 1 is 1.13 bits per heavy atom. The molecule has 0 N–H and O–H groups in total. The molecule has 130 valence electrons. The van der Waals surface area contributed by atoms with Crippen LogP contribution >= 0.6 is 0 Å². The number of amides is 1. The highest BCUT2D eigenvalue weighted by Crippen LogP contribution is 2.40. The molecule has 1 rings (SSSR count). The van der Waals surface area contributed by atoms with Crippen LogP contribution in [-0.4, -0.2) is 32.2 Å². The minimum atomic E-state index is -2.05. The standard InChI is InChI=1S/C19H33NO2Si/c1-9-20(10-2)18(21)17(16-13-11-15(3)12-14-16)22-23(7,8)19(4,5)6/h11-14,17H,9-10H2,1-8H3. The molecule has 1 amide bonds. The predicted octanol–water partition coefficient (Wildman–Crippen LogP) is 4.93. The SMILES string of the molecule is CCN(CC)C(=O)C(O[Si](C)(C)C(C)(C)C)c1ccc(C)cc1. The van der Waals surface area contributed by atoms with Crippen LogP contribution in [0.25, 0.3) is 0 Å². The molecule has 0 bridgehead atoms. The summed E-state index contributed by atoms with van der Waals surface area (Å²) in [6.07, 6.45) is -0.503. The van der Waals surface area contributed by atoms with E-state index >= 15 is 0 Å². The van der Waals surface area contributed by atoms with Crippen molar-refractivity contribution in [3.8, 4) is 0 Å². The molecular weight excluding hydrogens is 302 g/mol. The molecule has 0 aliphatic heterocycles. The van der Waals surface area contributed by atoms with E-state index in [9.17, 15) is 4.79 Å². The van der Waals surface area contributed by atoms with Crippen molar-refractivity contribution in [1.82, 2.24) is 4.90 Å². The van der Waals surface area contributed by atoms with Gasteiger partial charge in [0.05, 0.1) is 0 Å². The average Bonchev–Trinajstić information content (AvgIpc) is 2.46. The van der Waals surface area contributed by atoms with Gasteiger partial charge in [0.25, 0.3) is 5.91 Å². The second kappa shape index (κ2) is 7.62. The van der Waals surface area contributed by atoms with Crippen molar-refractivity contribution in [1.29, 1.82) is 0 Å². The van der Waals surface area contributed by atoms with Crippen LogP contribution < -0.4 is 0 Å². The molecule has 1 aromatic rings. The zero-order valence-electron chi connectivity index (χ0n) is 16.1. The third kappa shape index (κ3) is 4.92. The Morgan fingerprint density at radius 2 is 1.61 bits per heavy atom. The molecule has 0 saturated carbocycles. The lowest BCUT2D eigenvalue weighted by Crippen LogP contribution is -2.46. The minimum Gasteiger partial charge on any atom is -0.402 e. The first-order valence-electron chi connectivity index (χ1n) is 8.56. The van der Waals surface area contributed by atoms with Crippen molar-refractivity contribution < 1.29 is 9.22 Å². The van der Waals surface area contributed by atoms with Crippen molar-refractivity contribution in [2.75, 3.05) is 13.1 Å². The minimum absolute atomic E-state index is 0.0689. The first-order valence-corrected chi connectivity index (χ1v) is 11.5. The van der Waals surface area contributed by atoms with Gasteiger partial charge >= 0.3 is 0 Å². The van der Waals surface area contributed by atoms with Crippen molar-refractivity contribution in [3.05, 3.63) is 35.4 Å². The summed E-state index contributed by atoms with van der Waals surface area (Å²) in [5.74, 6) is 0.0729. The zero-order chi connectivity index (χ0) is 17.8. The normalized spacial score (nSPS) is 13.7. The topological polar surface area (TPSA) is 29.5 Å². The predicted molar refractivity (Wildman–Crippen MR) is 100 cm³/mol. The summed E-state index contributed by atoms with van der Waals surface area (Å²) in [5.41, 5.74) is 2.15. The molecule has 0 fully saturated rings.